The second-order valence-electron chi connectivity index (χ2n) is 21.4. The van der Waals surface area contributed by atoms with Crippen LogP contribution in [0.4, 0.5) is 20.2 Å². The summed E-state index contributed by atoms with van der Waals surface area (Å²) >= 11 is 0. The van der Waals surface area contributed by atoms with Crippen LogP contribution in [0.5, 0.6) is 0 Å². The van der Waals surface area contributed by atoms with E-state index < -0.39 is 20.0 Å². The number of halogens is 2. The molecule has 0 saturated carbocycles. The number of anilines is 2. The van der Waals surface area contributed by atoms with Gasteiger partial charge in [0, 0.05) is 98.0 Å². The van der Waals surface area contributed by atoms with E-state index in [1.165, 1.54) is 37.6 Å². The van der Waals surface area contributed by atoms with E-state index >= 15 is 0 Å². The Balaban J connectivity index is 0.000000160. The van der Waals surface area contributed by atoms with Gasteiger partial charge in [0.2, 0.25) is 20.0 Å². The second-order valence-corrected chi connectivity index (χ2v) is 25.4. The van der Waals surface area contributed by atoms with Crippen molar-refractivity contribution in [3.63, 3.8) is 0 Å². The number of nitrogens with one attached hydrogen (secondary N) is 4. The number of nitrogens with zero attached hydrogens (tertiary/aromatic N) is 8. The first-order valence-electron chi connectivity index (χ1n) is 27.2. The third-order valence-corrected chi connectivity index (χ3v) is 18.7. The molecule has 0 fully saturated rings. The van der Waals surface area contributed by atoms with Crippen molar-refractivity contribution in [2.24, 2.45) is 0 Å². The number of aryl methyl sites for hydroxylation is 6. The van der Waals surface area contributed by atoms with Gasteiger partial charge in [0.15, 0.2) is 11.5 Å². The average Bonchev–Trinajstić information content (AvgIpc) is 1.88. The molecule has 14 rings (SSSR count). The number of carbonyl (C=O) groups excluding carboxylic acids is 2. The van der Waals surface area contributed by atoms with Crippen LogP contribution in [0.3, 0.4) is 0 Å². The van der Waals surface area contributed by atoms with Crippen molar-refractivity contribution in [1.82, 2.24) is 50.1 Å². The molecule has 0 bridgehead atoms. The molecule has 8 aromatic heterocycles. The van der Waals surface area contributed by atoms with Crippen molar-refractivity contribution in [3.8, 4) is 68.1 Å². The van der Waals surface area contributed by atoms with Gasteiger partial charge in [-0.05, 0) is 105 Å². The van der Waals surface area contributed by atoms with Crippen LogP contribution in [-0.4, -0.2) is 109 Å². The van der Waals surface area contributed by atoms with E-state index in [2.05, 4.69) is 40.2 Å². The van der Waals surface area contributed by atoms with Crippen molar-refractivity contribution >= 4 is 87.0 Å². The number of H-pyrrole nitrogens is 2. The molecule has 20 nitrogen and oxygen atoms in total. The molecule has 4 aromatic carbocycles. The number of pyridine rings is 2. The zero-order chi connectivity index (χ0) is 60.4. The topological polar surface area (TPSA) is 252 Å². The van der Waals surface area contributed by atoms with Crippen LogP contribution in [0.2, 0.25) is 0 Å². The molecule has 0 aliphatic carbocycles. The molecule has 12 aromatic rings. The Labute approximate surface area is 490 Å². The summed E-state index contributed by atoms with van der Waals surface area (Å²) in [7, 11) is -1.40. The fourth-order valence-corrected chi connectivity index (χ4v) is 12.9. The first kappa shape index (κ1) is 55.3. The van der Waals surface area contributed by atoms with Crippen molar-refractivity contribution in [2.75, 3.05) is 49.3 Å². The van der Waals surface area contributed by atoms with Crippen molar-refractivity contribution < 1.29 is 44.0 Å². The monoisotopic (exact) mass is 1200 g/mol. The lowest BCUT2D eigenvalue weighted by atomic mass is 9.98. The molecule has 0 spiro atoms. The highest BCUT2D eigenvalue weighted by Gasteiger charge is 2.32. The predicted molar refractivity (Wildman–Crippen MR) is 326 cm³/mol. The number of aromatic amines is 2. The van der Waals surface area contributed by atoms with E-state index in [-0.39, 0.29) is 34.8 Å². The lowest BCUT2D eigenvalue weighted by Gasteiger charge is -2.23. The predicted octanol–water partition coefficient (Wildman–Crippen LogP) is 10.5. The van der Waals surface area contributed by atoms with Crippen LogP contribution in [-0.2, 0) is 46.0 Å². The molecule has 2 aliphatic heterocycles. The molecule has 2 aliphatic rings. The van der Waals surface area contributed by atoms with E-state index in [1.807, 2.05) is 62.4 Å². The first-order chi connectivity index (χ1) is 41.1. The molecule has 436 valence electrons. The first-order valence-corrected chi connectivity index (χ1v) is 30.9. The smallest absolute Gasteiger partial charge is 0.255 e. The number of aromatic nitrogens is 8. The number of sulfonamides is 2. The molecule has 4 N–H and O–H groups in total. The van der Waals surface area contributed by atoms with E-state index in [0.717, 1.165) is 56.1 Å². The van der Waals surface area contributed by atoms with Gasteiger partial charge in [-0.25, -0.2) is 35.6 Å². The molecule has 0 unspecified atom stereocenters. The Morgan fingerprint density at radius 2 is 1.09 bits per heavy atom. The maximum atomic E-state index is 14.7. The van der Waals surface area contributed by atoms with Crippen LogP contribution in [0.15, 0.2) is 118 Å². The van der Waals surface area contributed by atoms with Crippen LogP contribution >= 0.6 is 0 Å². The highest BCUT2D eigenvalue weighted by molar-refractivity contribution is 7.92. The van der Waals surface area contributed by atoms with Crippen LogP contribution in [0.25, 0.3) is 112 Å². The van der Waals surface area contributed by atoms with Gasteiger partial charge in [-0.3, -0.25) is 28.4 Å². The Morgan fingerprint density at radius 3 is 1.52 bits per heavy atom. The highest BCUT2D eigenvalue weighted by Crippen LogP contribution is 2.46. The van der Waals surface area contributed by atoms with E-state index in [4.69, 9.17) is 18.8 Å². The zero-order valence-electron chi connectivity index (χ0n) is 47.6. The van der Waals surface area contributed by atoms with Crippen molar-refractivity contribution in [3.05, 3.63) is 155 Å². The molecule has 10 heterocycles. The van der Waals surface area contributed by atoms with Crippen LogP contribution in [0.1, 0.15) is 43.2 Å². The van der Waals surface area contributed by atoms with E-state index in [0.29, 0.717) is 132 Å². The summed E-state index contributed by atoms with van der Waals surface area (Å²) in [5, 5.41) is 21.4. The third-order valence-electron chi connectivity index (χ3n) is 16.3. The third kappa shape index (κ3) is 8.96. The van der Waals surface area contributed by atoms with Gasteiger partial charge < -0.3 is 28.6 Å². The minimum Gasteiger partial charge on any atom is -0.455 e. The Morgan fingerprint density at radius 1 is 0.616 bits per heavy atom. The van der Waals surface area contributed by atoms with Gasteiger partial charge in [0.1, 0.15) is 28.5 Å². The van der Waals surface area contributed by atoms with Gasteiger partial charge in [-0.1, -0.05) is 24.3 Å². The fourth-order valence-electron chi connectivity index (χ4n) is 11.8. The molecule has 86 heavy (non-hydrogen) atoms. The summed E-state index contributed by atoms with van der Waals surface area (Å²) in [4.78, 5) is 36.5. The highest BCUT2D eigenvalue weighted by atomic mass is 32.2. The zero-order valence-corrected chi connectivity index (χ0v) is 49.3. The Hall–Kier alpha value is -9.94. The largest absolute Gasteiger partial charge is 0.455 e. The summed E-state index contributed by atoms with van der Waals surface area (Å²) in [5.41, 5.74) is 13.0. The standard InChI is InChI=1S/C32H29FN6O4S.C30H25FN6O4S/c1-16-28(17(2)37-36-16)31-29(32(40)34-3)21-13-20(25(15-27(21)43-31)38(4)44(5,41)42)23-10-9-18-11-12-39-24-8-6-7-22(33)19(24)14-26(39)30(18)35-23;1-32-30(38)27-19-13-18(24(36(2)42(3,39)40)15-26(19)41-29(27)22-9-11-33-35-22)21-8-7-16-10-12-37-23-6-4-5-20(31)17(23)14-25(37)28(16)34-21/h6-10,13-15H,11-12H2,1-5H3,(H,34,40)(H,36,37);4-9,11,13-15H,10,12H2,1-3H3,(H,32,38)(H,33,35). The van der Waals surface area contributed by atoms with Crippen LogP contribution in [0, 0.1) is 25.5 Å². The SMILES string of the molecule is CNC(=O)c1c(-c2c(C)n[nH]c2C)oc2cc(N(C)S(C)(=O)=O)c(-c3ccc4c(n3)-c3cc5c(F)cccc5n3CC4)cc12.CNC(=O)c1c(-c2ccn[nH]2)oc2cc(N(C)S(C)(=O)=O)c(-c3ccc4c(n3)-c3cc5c(F)cccc5n3CC4)cc12. The summed E-state index contributed by atoms with van der Waals surface area (Å²) in [6.07, 6.45) is 5.20. The summed E-state index contributed by atoms with van der Waals surface area (Å²) in [5.74, 6) is -0.734. The Bertz CT molecular complexity index is 5060. The molecule has 0 saturated heterocycles. The normalized spacial score (nSPS) is 12.9. The number of fused-ring (bicyclic) bond motifs is 12. The molecule has 2 amide bonds. The lowest BCUT2D eigenvalue weighted by molar-refractivity contribution is 0.0956. The minimum atomic E-state index is -3.70. The number of benzene rings is 4. The van der Waals surface area contributed by atoms with E-state index in [1.54, 1.807) is 55.7 Å². The quantitative estimate of drug-likeness (QED) is 0.0998. The number of furan rings is 2. The van der Waals surface area contributed by atoms with Gasteiger partial charge in [0.05, 0.1) is 91.5 Å². The van der Waals surface area contributed by atoms with Crippen molar-refractivity contribution in [1.29, 1.82) is 0 Å². The van der Waals surface area contributed by atoms with Crippen LogP contribution < -0.4 is 19.2 Å². The second kappa shape index (κ2) is 20.4. The molecule has 24 heteroatoms. The summed E-state index contributed by atoms with van der Waals surface area (Å²) < 4.78 is 99.5. The maximum Gasteiger partial charge on any atom is 0.255 e. The minimum absolute atomic E-state index is 0.275. The molecular weight excluding hydrogens is 1140 g/mol. The maximum absolute atomic E-state index is 14.7. The van der Waals surface area contributed by atoms with Gasteiger partial charge in [-0.15, -0.1) is 0 Å². The number of carbonyl (C=O) groups is 2. The lowest BCUT2D eigenvalue weighted by Crippen LogP contribution is -2.25. The molecule has 0 atom stereocenters. The Kier molecular flexibility index (Phi) is 13.1. The summed E-state index contributed by atoms with van der Waals surface area (Å²) in [6.45, 7) is 5.03. The van der Waals surface area contributed by atoms with Crippen molar-refractivity contribution in [2.45, 2.75) is 39.8 Å². The molecular formula is C62H54F2N12O8S2. The van der Waals surface area contributed by atoms with Gasteiger partial charge in [0.25, 0.3) is 11.8 Å². The summed E-state index contributed by atoms with van der Waals surface area (Å²) in [6, 6.07) is 29.7. The van der Waals surface area contributed by atoms with E-state index in [9.17, 15) is 35.2 Å². The number of hydrogen-bond acceptors (Lipinski definition) is 12. The fraction of sp³-hybridized carbons (Fsp3) is 0.194. The van der Waals surface area contributed by atoms with Gasteiger partial charge >= 0.3 is 0 Å². The number of hydrogen-bond donors (Lipinski definition) is 4. The number of amides is 2. The molecule has 0 radical (unpaired) electrons. The van der Waals surface area contributed by atoms with Gasteiger partial charge in [-0.2, -0.15) is 10.2 Å². The number of rotatable bonds is 10. The average molecular weight is 1200 g/mol.